The molecule has 0 aliphatic carbocycles. The summed E-state index contributed by atoms with van der Waals surface area (Å²) in [5, 5.41) is 4.24. The minimum absolute atomic E-state index is 0.117. The average molecular weight is 463 g/mol. The summed E-state index contributed by atoms with van der Waals surface area (Å²) >= 11 is 0. The van der Waals surface area contributed by atoms with E-state index in [1.54, 1.807) is 20.8 Å². The van der Waals surface area contributed by atoms with E-state index in [1.165, 1.54) is 44.2 Å². The van der Waals surface area contributed by atoms with Crippen molar-refractivity contribution in [3.63, 3.8) is 0 Å². The number of esters is 1. The number of aromatic amines is 1. The Balaban J connectivity index is 1.68. The quantitative estimate of drug-likeness (QED) is 0.319. The lowest BCUT2D eigenvalue weighted by Gasteiger charge is -2.13. The largest absolute Gasteiger partial charge is 0.451 e. The Hall–Kier alpha value is -4.14. The van der Waals surface area contributed by atoms with E-state index in [-0.39, 0.29) is 22.8 Å². The van der Waals surface area contributed by atoms with Crippen molar-refractivity contribution in [2.45, 2.75) is 40.7 Å². The fourth-order valence-corrected chi connectivity index (χ4v) is 4.03. The molecule has 0 fully saturated rings. The van der Waals surface area contributed by atoms with Crippen molar-refractivity contribution < 1.29 is 28.0 Å². The van der Waals surface area contributed by atoms with E-state index in [2.05, 4.69) is 15.1 Å². The highest BCUT2D eigenvalue weighted by Gasteiger charge is 2.28. The molecule has 4 rings (SSSR count). The smallest absolute Gasteiger partial charge is 0.339 e. The van der Waals surface area contributed by atoms with Gasteiger partial charge in [0.05, 0.1) is 28.0 Å². The minimum atomic E-state index is -1.14. The van der Waals surface area contributed by atoms with Crippen molar-refractivity contribution in [3.8, 4) is 11.3 Å². The first-order valence-electron chi connectivity index (χ1n) is 10.6. The molecule has 0 radical (unpaired) electrons. The summed E-state index contributed by atoms with van der Waals surface area (Å²) in [6.45, 7) is 7.92. The number of hydrogen-bond acceptors (Lipinski definition) is 7. The Morgan fingerprint density at radius 3 is 2.41 bits per heavy atom. The molecule has 0 aliphatic rings. The van der Waals surface area contributed by atoms with Crippen LogP contribution >= 0.6 is 0 Å². The number of fused-ring (bicyclic) bond motifs is 1. The third-order valence-electron chi connectivity index (χ3n) is 5.67. The third-order valence-corrected chi connectivity index (χ3v) is 5.67. The molecule has 1 aromatic carbocycles. The van der Waals surface area contributed by atoms with Gasteiger partial charge in [-0.25, -0.2) is 14.2 Å². The highest BCUT2D eigenvalue weighted by atomic mass is 19.1. The van der Waals surface area contributed by atoms with Crippen LogP contribution in [0, 0.1) is 26.6 Å². The molecule has 0 saturated carbocycles. The van der Waals surface area contributed by atoms with Crippen LogP contribution in [-0.2, 0) is 4.74 Å². The summed E-state index contributed by atoms with van der Waals surface area (Å²) in [6.07, 6.45) is -1.14. The van der Waals surface area contributed by atoms with E-state index >= 15 is 0 Å². The molecule has 0 spiro atoms. The molecular weight excluding hydrogens is 441 g/mol. The number of Topliss-reactive ketones (excluding diaryl/α,β-unsaturated/α-hetero) is 2. The van der Waals surface area contributed by atoms with Gasteiger partial charge >= 0.3 is 5.97 Å². The summed E-state index contributed by atoms with van der Waals surface area (Å²) < 4.78 is 24.1. The van der Waals surface area contributed by atoms with Gasteiger partial charge in [-0.1, -0.05) is 5.16 Å². The second-order valence-corrected chi connectivity index (χ2v) is 8.10. The molecule has 4 aromatic rings. The lowest BCUT2D eigenvalue weighted by molar-refractivity contribution is 0.0318. The molecule has 1 atom stereocenters. The van der Waals surface area contributed by atoms with Gasteiger partial charge in [0, 0.05) is 16.8 Å². The molecule has 3 heterocycles. The highest BCUT2D eigenvalue weighted by Crippen LogP contribution is 2.28. The number of pyridine rings is 1. The van der Waals surface area contributed by atoms with Crippen LogP contribution in [0.15, 0.2) is 34.9 Å². The molecule has 1 unspecified atom stereocenters. The number of aryl methyl sites for hydroxylation is 2. The number of benzene rings is 1. The van der Waals surface area contributed by atoms with Crippen LogP contribution in [0.25, 0.3) is 22.4 Å². The minimum Gasteiger partial charge on any atom is -0.451 e. The Morgan fingerprint density at radius 1 is 1.12 bits per heavy atom. The summed E-state index contributed by atoms with van der Waals surface area (Å²) in [6, 6.07) is 7.11. The van der Waals surface area contributed by atoms with Crippen molar-refractivity contribution in [2.75, 3.05) is 0 Å². The van der Waals surface area contributed by atoms with Gasteiger partial charge in [0.15, 0.2) is 11.9 Å². The van der Waals surface area contributed by atoms with E-state index in [9.17, 15) is 18.8 Å². The number of ketones is 2. The van der Waals surface area contributed by atoms with Crippen LogP contribution < -0.4 is 0 Å². The first-order chi connectivity index (χ1) is 16.1. The lowest BCUT2D eigenvalue weighted by atomic mass is 10.0. The Morgan fingerprint density at radius 2 is 1.79 bits per heavy atom. The molecule has 8 nitrogen and oxygen atoms in total. The van der Waals surface area contributed by atoms with Gasteiger partial charge in [-0.3, -0.25) is 9.59 Å². The Labute approximate surface area is 194 Å². The lowest BCUT2D eigenvalue weighted by Crippen LogP contribution is -2.25. The number of nitrogens with zero attached hydrogens (tertiary/aromatic N) is 2. The normalized spacial score (nSPS) is 12.1. The first kappa shape index (κ1) is 23.0. The zero-order valence-electron chi connectivity index (χ0n) is 19.3. The van der Waals surface area contributed by atoms with Crippen molar-refractivity contribution in [2.24, 2.45) is 0 Å². The van der Waals surface area contributed by atoms with Crippen LogP contribution in [0.1, 0.15) is 62.0 Å². The number of carbonyl (C=O) groups is 3. The number of ether oxygens (including phenoxy) is 1. The van der Waals surface area contributed by atoms with Crippen LogP contribution in [0.4, 0.5) is 4.39 Å². The zero-order chi connectivity index (χ0) is 24.7. The maximum Gasteiger partial charge on any atom is 0.339 e. The maximum absolute atomic E-state index is 13.3. The Kier molecular flexibility index (Phi) is 5.87. The second-order valence-electron chi connectivity index (χ2n) is 8.10. The van der Waals surface area contributed by atoms with E-state index in [1.807, 2.05) is 0 Å². The molecule has 0 bridgehead atoms. The van der Waals surface area contributed by atoms with Crippen LogP contribution in [0.5, 0.6) is 0 Å². The zero-order valence-corrected chi connectivity index (χ0v) is 19.3. The highest BCUT2D eigenvalue weighted by molar-refractivity contribution is 6.08. The van der Waals surface area contributed by atoms with Crippen LogP contribution in [0.2, 0.25) is 0 Å². The van der Waals surface area contributed by atoms with Gasteiger partial charge in [0.1, 0.15) is 5.82 Å². The summed E-state index contributed by atoms with van der Waals surface area (Å²) in [4.78, 5) is 45.4. The van der Waals surface area contributed by atoms with Crippen LogP contribution in [-0.4, -0.2) is 38.8 Å². The number of nitrogens with one attached hydrogen (secondary N) is 1. The van der Waals surface area contributed by atoms with Crippen molar-refractivity contribution in [3.05, 3.63) is 69.9 Å². The number of rotatable bonds is 6. The van der Waals surface area contributed by atoms with Crippen molar-refractivity contribution >= 4 is 28.6 Å². The van der Waals surface area contributed by atoms with Crippen LogP contribution in [0.3, 0.4) is 0 Å². The van der Waals surface area contributed by atoms with E-state index < -0.39 is 23.7 Å². The van der Waals surface area contributed by atoms with Gasteiger partial charge in [-0.2, -0.15) is 0 Å². The molecule has 174 valence electrons. The maximum atomic E-state index is 13.3. The monoisotopic (exact) mass is 463 g/mol. The molecule has 0 amide bonds. The number of aromatic nitrogens is 3. The first-order valence-corrected chi connectivity index (χ1v) is 10.6. The molecule has 9 heteroatoms. The molecule has 3 aromatic heterocycles. The molecule has 0 saturated heterocycles. The molecule has 0 aliphatic heterocycles. The van der Waals surface area contributed by atoms with Crippen molar-refractivity contribution in [1.82, 2.24) is 15.1 Å². The van der Waals surface area contributed by atoms with Gasteiger partial charge in [-0.15, -0.1) is 0 Å². The molecule has 34 heavy (non-hydrogen) atoms. The van der Waals surface area contributed by atoms with Gasteiger partial charge in [0.2, 0.25) is 5.78 Å². The van der Waals surface area contributed by atoms with Gasteiger partial charge in [-0.05, 0) is 70.5 Å². The predicted molar refractivity (Wildman–Crippen MR) is 121 cm³/mol. The number of hydrogen-bond donors (Lipinski definition) is 1. The fourth-order valence-electron chi connectivity index (χ4n) is 4.03. The molecular formula is C25H22FN3O5. The second kappa shape index (κ2) is 8.66. The predicted octanol–water partition coefficient (Wildman–Crippen LogP) is 4.91. The molecule has 1 N–H and O–H groups in total. The van der Waals surface area contributed by atoms with Crippen molar-refractivity contribution in [1.29, 1.82) is 0 Å². The number of H-pyrrole nitrogens is 1. The standard InChI is InChI=1S/C25H22FN3O5/c1-11-20(14(4)30)12(2)27-22(11)23(31)15(5)33-25(32)18-10-19(16-6-8-17(26)9-7-16)28-24-21(18)13(3)29-34-24/h6-10,15,27H,1-5H3. The summed E-state index contributed by atoms with van der Waals surface area (Å²) in [5.41, 5.74) is 3.34. The fraction of sp³-hybridized carbons (Fsp3) is 0.240. The summed E-state index contributed by atoms with van der Waals surface area (Å²) in [5.74, 6) is -1.80. The Bertz CT molecular complexity index is 1450. The topological polar surface area (TPSA) is 115 Å². The average Bonchev–Trinajstić information content (AvgIpc) is 3.31. The number of halogens is 1. The van der Waals surface area contributed by atoms with E-state index in [0.717, 1.165) is 0 Å². The number of carbonyl (C=O) groups excluding carboxylic acids is 3. The van der Waals surface area contributed by atoms with Gasteiger partial charge in [0.25, 0.3) is 5.71 Å². The SMILES string of the molecule is CC(=O)c1c(C)[nH]c(C(=O)C(C)OC(=O)c2cc(-c3ccc(F)cc3)nc3onc(C)c23)c1C. The van der Waals surface area contributed by atoms with E-state index in [0.29, 0.717) is 39.2 Å². The summed E-state index contributed by atoms with van der Waals surface area (Å²) in [7, 11) is 0. The third kappa shape index (κ3) is 4.00. The van der Waals surface area contributed by atoms with Gasteiger partial charge < -0.3 is 14.2 Å². The van der Waals surface area contributed by atoms with E-state index in [4.69, 9.17) is 9.26 Å².